The van der Waals surface area contributed by atoms with Gasteiger partial charge < -0.3 is 15.7 Å². The third kappa shape index (κ3) is 5.64. The van der Waals surface area contributed by atoms with Gasteiger partial charge in [-0.2, -0.15) is 0 Å². The van der Waals surface area contributed by atoms with Gasteiger partial charge in [0.05, 0.1) is 17.3 Å². The maximum atomic E-state index is 12.9. The van der Waals surface area contributed by atoms with E-state index in [1.807, 2.05) is 0 Å². The van der Waals surface area contributed by atoms with Crippen LogP contribution in [-0.4, -0.2) is 48.3 Å². The SMILES string of the molecule is O=C(NCCCN1CCCCC1CO)Nc1ccc(F)cc1Cl. The van der Waals surface area contributed by atoms with Gasteiger partial charge in [-0.1, -0.05) is 18.0 Å². The van der Waals surface area contributed by atoms with E-state index in [9.17, 15) is 14.3 Å². The molecule has 5 nitrogen and oxygen atoms in total. The molecule has 0 aliphatic carbocycles. The van der Waals surface area contributed by atoms with Gasteiger partial charge in [0.25, 0.3) is 0 Å². The molecular formula is C16H23ClFN3O2. The van der Waals surface area contributed by atoms with Crippen molar-refractivity contribution in [3.8, 4) is 0 Å². The van der Waals surface area contributed by atoms with Gasteiger partial charge >= 0.3 is 6.03 Å². The predicted octanol–water partition coefficient (Wildman–Crippen LogP) is 2.84. The fraction of sp³-hybridized carbons (Fsp3) is 0.562. The van der Waals surface area contributed by atoms with Crippen molar-refractivity contribution in [3.63, 3.8) is 0 Å². The topological polar surface area (TPSA) is 64.6 Å². The van der Waals surface area contributed by atoms with Gasteiger partial charge in [-0.05, 0) is 44.0 Å². The number of nitrogens with zero attached hydrogens (tertiary/aromatic N) is 1. The molecule has 1 aromatic rings. The third-order valence-corrected chi connectivity index (χ3v) is 4.36. The van der Waals surface area contributed by atoms with Crippen LogP contribution in [0.2, 0.25) is 5.02 Å². The van der Waals surface area contributed by atoms with Crippen molar-refractivity contribution in [1.82, 2.24) is 10.2 Å². The number of hydrogen-bond acceptors (Lipinski definition) is 3. The highest BCUT2D eigenvalue weighted by atomic mass is 35.5. The summed E-state index contributed by atoms with van der Waals surface area (Å²) >= 11 is 5.86. The summed E-state index contributed by atoms with van der Waals surface area (Å²) in [5, 5.41) is 14.9. The zero-order chi connectivity index (χ0) is 16.7. The van der Waals surface area contributed by atoms with Crippen molar-refractivity contribution in [2.24, 2.45) is 0 Å². The van der Waals surface area contributed by atoms with Crippen molar-refractivity contribution in [2.75, 3.05) is 31.6 Å². The normalized spacial score (nSPS) is 18.7. The molecule has 0 saturated carbocycles. The van der Waals surface area contributed by atoms with E-state index in [4.69, 9.17) is 11.6 Å². The van der Waals surface area contributed by atoms with Crippen molar-refractivity contribution < 1.29 is 14.3 Å². The molecule has 0 aromatic heterocycles. The van der Waals surface area contributed by atoms with E-state index in [1.54, 1.807) is 0 Å². The van der Waals surface area contributed by atoms with E-state index in [0.29, 0.717) is 12.2 Å². The second-order valence-electron chi connectivity index (χ2n) is 5.73. The van der Waals surface area contributed by atoms with Crippen LogP contribution in [0.3, 0.4) is 0 Å². The monoisotopic (exact) mass is 343 g/mol. The van der Waals surface area contributed by atoms with E-state index >= 15 is 0 Å². The second kappa shape index (κ2) is 9.05. The lowest BCUT2D eigenvalue weighted by Crippen LogP contribution is -2.43. The molecule has 1 aromatic carbocycles. The van der Waals surface area contributed by atoms with Crippen molar-refractivity contribution >= 4 is 23.3 Å². The van der Waals surface area contributed by atoms with Gasteiger partial charge in [0.1, 0.15) is 5.82 Å². The Morgan fingerprint density at radius 3 is 3.00 bits per heavy atom. The van der Waals surface area contributed by atoms with Gasteiger partial charge in [0.2, 0.25) is 0 Å². The summed E-state index contributed by atoms with van der Waals surface area (Å²) in [6.07, 6.45) is 4.17. The number of carbonyl (C=O) groups excluding carboxylic acids is 1. The maximum Gasteiger partial charge on any atom is 0.319 e. The quantitative estimate of drug-likeness (QED) is 0.696. The van der Waals surface area contributed by atoms with Crippen LogP contribution in [-0.2, 0) is 0 Å². The second-order valence-corrected chi connectivity index (χ2v) is 6.13. The Bertz CT molecular complexity index is 530. The minimum Gasteiger partial charge on any atom is -0.395 e. The molecule has 1 fully saturated rings. The Hall–Kier alpha value is -1.37. The summed E-state index contributed by atoms with van der Waals surface area (Å²) in [5.41, 5.74) is 0.377. The molecule has 1 aliphatic rings. The molecule has 1 atom stereocenters. The lowest BCUT2D eigenvalue weighted by molar-refractivity contribution is 0.0894. The predicted molar refractivity (Wildman–Crippen MR) is 89.3 cm³/mol. The number of aliphatic hydroxyl groups is 1. The maximum absolute atomic E-state index is 12.9. The molecule has 0 radical (unpaired) electrons. The number of hydrogen-bond donors (Lipinski definition) is 3. The number of amides is 2. The number of halogens is 2. The molecular weight excluding hydrogens is 321 g/mol. The molecule has 1 heterocycles. The van der Waals surface area contributed by atoms with Crippen LogP contribution >= 0.6 is 11.6 Å². The van der Waals surface area contributed by atoms with Crippen molar-refractivity contribution in [2.45, 2.75) is 31.7 Å². The molecule has 23 heavy (non-hydrogen) atoms. The number of aliphatic hydroxyl groups excluding tert-OH is 1. The molecule has 7 heteroatoms. The number of rotatable bonds is 6. The Morgan fingerprint density at radius 1 is 1.43 bits per heavy atom. The number of benzene rings is 1. The van der Waals surface area contributed by atoms with Crippen LogP contribution in [0.5, 0.6) is 0 Å². The molecule has 2 amide bonds. The summed E-state index contributed by atoms with van der Waals surface area (Å²) in [6.45, 7) is 2.57. The first kappa shape index (κ1) is 18.0. The van der Waals surface area contributed by atoms with Gasteiger partial charge in [0.15, 0.2) is 0 Å². The van der Waals surface area contributed by atoms with Crippen molar-refractivity contribution in [3.05, 3.63) is 29.0 Å². The number of anilines is 1. The highest BCUT2D eigenvalue weighted by molar-refractivity contribution is 6.33. The molecule has 1 unspecified atom stereocenters. The lowest BCUT2D eigenvalue weighted by atomic mass is 10.0. The fourth-order valence-electron chi connectivity index (χ4n) is 2.80. The molecule has 1 saturated heterocycles. The first-order chi connectivity index (χ1) is 11.1. The highest BCUT2D eigenvalue weighted by Gasteiger charge is 2.20. The number of urea groups is 1. The smallest absolute Gasteiger partial charge is 0.319 e. The van der Waals surface area contributed by atoms with Gasteiger partial charge in [-0.3, -0.25) is 4.90 Å². The third-order valence-electron chi connectivity index (χ3n) is 4.05. The van der Waals surface area contributed by atoms with Crippen LogP contribution in [0.4, 0.5) is 14.9 Å². The number of carbonyl (C=O) groups is 1. The first-order valence-corrected chi connectivity index (χ1v) is 8.33. The van der Waals surface area contributed by atoms with E-state index in [0.717, 1.165) is 38.4 Å². The Labute approximate surface area is 140 Å². The average molecular weight is 344 g/mol. The average Bonchev–Trinajstić information content (AvgIpc) is 2.54. The number of nitrogens with one attached hydrogen (secondary N) is 2. The summed E-state index contributed by atoms with van der Waals surface area (Å²) in [6, 6.07) is 3.71. The van der Waals surface area contributed by atoms with Crippen LogP contribution in [0.1, 0.15) is 25.7 Å². The molecule has 1 aliphatic heterocycles. The number of piperidine rings is 1. The van der Waals surface area contributed by atoms with Gasteiger partial charge in [-0.25, -0.2) is 9.18 Å². The van der Waals surface area contributed by atoms with Crippen LogP contribution in [0.15, 0.2) is 18.2 Å². The molecule has 0 spiro atoms. The van der Waals surface area contributed by atoms with Crippen LogP contribution < -0.4 is 10.6 Å². The zero-order valence-corrected chi connectivity index (χ0v) is 13.8. The Morgan fingerprint density at radius 2 is 2.26 bits per heavy atom. The van der Waals surface area contributed by atoms with E-state index in [-0.39, 0.29) is 23.7 Å². The Balaban J connectivity index is 1.68. The summed E-state index contributed by atoms with van der Waals surface area (Å²) in [5.74, 6) is -0.444. The van der Waals surface area contributed by atoms with Gasteiger partial charge in [0, 0.05) is 19.1 Å². The van der Waals surface area contributed by atoms with Crippen molar-refractivity contribution in [1.29, 1.82) is 0 Å². The highest BCUT2D eigenvalue weighted by Crippen LogP contribution is 2.22. The standard InChI is InChI=1S/C16H23ClFN3O2/c17-14-10-12(18)5-6-15(14)20-16(23)19-7-3-9-21-8-2-1-4-13(21)11-22/h5-6,10,13,22H,1-4,7-9,11H2,(H2,19,20,23). The first-order valence-electron chi connectivity index (χ1n) is 7.95. The molecule has 3 N–H and O–H groups in total. The largest absolute Gasteiger partial charge is 0.395 e. The number of likely N-dealkylation sites (tertiary alicyclic amines) is 1. The van der Waals surface area contributed by atoms with E-state index < -0.39 is 5.82 Å². The van der Waals surface area contributed by atoms with Gasteiger partial charge in [-0.15, -0.1) is 0 Å². The molecule has 0 bridgehead atoms. The lowest BCUT2D eigenvalue weighted by Gasteiger charge is -2.34. The van der Waals surface area contributed by atoms with E-state index in [2.05, 4.69) is 15.5 Å². The molecule has 2 rings (SSSR count). The zero-order valence-electron chi connectivity index (χ0n) is 13.0. The summed E-state index contributed by atoms with van der Waals surface area (Å²) in [7, 11) is 0. The summed E-state index contributed by atoms with van der Waals surface area (Å²) in [4.78, 5) is 14.1. The minimum absolute atomic E-state index is 0.166. The Kier molecular flexibility index (Phi) is 7.08. The summed E-state index contributed by atoms with van der Waals surface area (Å²) < 4.78 is 12.9. The van der Waals surface area contributed by atoms with E-state index in [1.165, 1.54) is 18.6 Å². The minimum atomic E-state index is -0.444. The fourth-order valence-corrected chi connectivity index (χ4v) is 3.02. The van der Waals surface area contributed by atoms with Crippen LogP contribution in [0, 0.1) is 5.82 Å². The molecule has 128 valence electrons. The van der Waals surface area contributed by atoms with Crippen LogP contribution in [0.25, 0.3) is 0 Å².